The lowest BCUT2D eigenvalue weighted by Crippen LogP contribution is -2.33. The third kappa shape index (κ3) is 1.44. The molecule has 1 aliphatic heterocycles. The highest BCUT2D eigenvalue weighted by Crippen LogP contribution is 2.31. The Kier molecular flexibility index (Phi) is 2.24. The minimum atomic E-state index is 0.136. The largest absolute Gasteiger partial charge is 0.380 e. The minimum Gasteiger partial charge on any atom is -0.380 e. The maximum Gasteiger partial charge on any atom is 0.139 e. The van der Waals surface area contributed by atoms with Gasteiger partial charge in [0.2, 0.25) is 0 Å². The van der Waals surface area contributed by atoms with Crippen LogP contribution in [0.2, 0.25) is 0 Å². The Morgan fingerprint density at radius 2 is 1.62 bits per heavy atom. The maximum absolute atomic E-state index is 11.9. The van der Waals surface area contributed by atoms with Gasteiger partial charge in [-0.15, -0.1) is 0 Å². The van der Waals surface area contributed by atoms with Gasteiger partial charge in [0.05, 0.1) is 13.2 Å². The van der Waals surface area contributed by atoms with Crippen molar-refractivity contribution in [1.82, 2.24) is 0 Å². The van der Waals surface area contributed by atoms with E-state index in [9.17, 15) is 4.79 Å². The van der Waals surface area contributed by atoms with Gasteiger partial charge in [-0.2, -0.15) is 0 Å². The lowest BCUT2D eigenvalue weighted by Gasteiger charge is -2.26. The van der Waals surface area contributed by atoms with Crippen molar-refractivity contribution in [2.75, 3.05) is 13.2 Å². The molecule has 0 amide bonds. The first-order valence-corrected chi connectivity index (χ1v) is 5.00. The average Bonchev–Trinajstić information content (AvgIpc) is 2.42. The second-order valence-electron chi connectivity index (χ2n) is 4.23. The van der Waals surface area contributed by atoms with Gasteiger partial charge >= 0.3 is 0 Å². The van der Waals surface area contributed by atoms with Crippen LogP contribution in [-0.4, -0.2) is 19.0 Å². The predicted octanol–water partition coefficient (Wildman–Crippen LogP) is 1.66. The molecule has 0 aromatic heterocycles. The van der Waals surface area contributed by atoms with Gasteiger partial charge in [-0.25, -0.2) is 0 Å². The summed E-state index contributed by atoms with van der Waals surface area (Å²) in [5.41, 5.74) is 0. The van der Waals surface area contributed by atoms with Crippen molar-refractivity contribution in [3.8, 4) is 0 Å². The van der Waals surface area contributed by atoms with Crippen LogP contribution in [0.25, 0.3) is 0 Å². The van der Waals surface area contributed by atoms with Crippen molar-refractivity contribution in [1.29, 1.82) is 0 Å². The second-order valence-corrected chi connectivity index (χ2v) is 4.23. The van der Waals surface area contributed by atoms with Gasteiger partial charge in [-0.1, -0.05) is 26.0 Å². The van der Waals surface area contributed by atoms with E-state index in [-0.39, 0.29) is 11.8 Å². The fourth-order valence-corrected chi connectivity index (χ4v) is 2.20. The molecule has 2 rings (SSSR count). The van der Waals surface area contributed by atoms with E-state index in [1.165, 1.54) is 0 Å². The van der Waals surface area contributed by atoms with E-state index >= 15 is 0 Å². The van der Waals surface area contributed by atoms with E-state index in [4.69, 9.17) is 4.74 Å². The van der Waals surface area contributed by atoms with Crippen LogP contribution < -0.4 is 0 Å². The number of rotatable bonds is 0. The summed E-state index contributed by atoms with van der Waals surface area (Å²) in [6, 6.07) is 0. The van der Waals surface area contributed by atoms with Crippen molar-refractivity contribution in [3.05, 3.63) is 12.2 Å². The molecule has 0 radical (unpaired) electrons. The third-order valence-corrected chi connectivity index (χ3v) is 3.41. The molecule has 2 nitrogen and oxygen atoms in total. The number of carbonyl (C=O) groups excluding carboxylic acids is 1. The first kappa shape index (κ1) is 8.95. The Balaban J connectivity index is 2.30. The molecule has 72 valence electrons. The molecule has 2 bridgehead atoms. The molecule has 0 aromatic carbocycles. The van der Waals surface area contributed by atoms with Crippen LogP contribution in [0.5, 0.6) is 0 Å². The number of fused-ring (bicyclic) bond motifs is 2. The Labute approximate surface area is 79.0 Å². The van der Waals surface area contributed by atoms with Gasteiger partial charge in [0.25, 0.3) is 0 Å². The van der Waals surface area contributed by atoms with Gasteiger partial charge in [-0.3, -0.25) is 4.79 Å². The van der Waals surface area contributed by atoms with Crippen LogP contribution in [-0.2, 0) is 9.53 Å². The summed E-state index contributed by atoms with van der Waals surface area (Å²) in [4.78, 5) is 11.9. The number of carbonyl (C=O) groups is 1. The highest BCUT2D eigenvalue weighted by molar-refractivity contribution is 5.84. The first-order valence-electron chi connectivity index (χ1n) is 5.00. The fourth-order valence-electron chi connectivity index (χ4n) is 2.20. The zero-order valence-electron chi connectivity index (χ0n) is 8.19. The molecule has 1 aliphatic carbocycles. The lowest BCUT2D eigenvalue weighted by molar-refractivity contribution is -0.130. The van der Waals surface area contributed by atoms with E-state index in [1.54, 1.807) is 0 Å². The van der Waals surface area contributed by atoms with Gasteiger partial charge in [0.15, 0.2) is 0 Å². The molecule has 0 saturated carbocycles. The standard InChI is InChI=1S/C11H16O2/c1-7-9-3-4-10(6-13-5-9)8(2)11(7)12/h3-4,7-10H,5-6H2,1-2H3/t7-,8+,9-,10+. The van der Waals surface area contributed by atoms with Crippen molar-refractivity contribution in [2.24, 2.45) is 23.7 Å². The molecule has 0 unspecified atom stereocenters. The number of ketones is 1. The summed E-state index contributed by atoms with van der Waals surface area (Å²) >= 11 is 0. The topological polar surface area (TPSA) is 26.3 Å². The van der Waals surface area contributed by atoms with Crippen molar-refractivity contribution in [2.45, 2.75) is 13.8 Å². The molecule has 2 aliphatic rings. The Morgan fingerprint density at radius 1 is 1.15 bits per heavy atom. The lowest BCUT2D eigenvalue weighted by atomic mass is 9.83. The molecule has 13 heavy (non-hydrogen) atoms. The van der Waals surface area contributed by atoms with Crippen LogP contribution in [0.15, 0.2) is 12.2 Å². The highest BCUT2D eigenvalue weighted by atomic mass is 16.5. The average molecular weight is 180 g/mol. The highest BCUT2D eigenvalue weighted by Gasteiger charge is 2.35. The molecule has 0 spiro atoms. The molecular formula is C11H16O2. The Hall–Kier alpha value is -0.630. The van der Waals surface area contributed by atoms with E-state index < -0.39 is 0 Å². The molecule has 1 heterocycles. The molecule has 4 atom stereocenters. The predicted molar refractivity (Wildman–Crippen MR) is 50.3 cm³/mol. The van der Waals surface area contributed by atoms with Crippen LogP contribution in [0.4, 0.5) is 0 Å². The zero-order chi connectivity index (χ0) is 9.42. The van der Waals surface area contributed by atoms with Crippen molar-refractivity contribution >= 4 is 5.78 Å². The normalized spacial score (nSPS) is 44.6. The molecule has 0 N–H and O–H groups in total. The first-order chi connectivity index (χ1) is 6.20. The smallest absolute Gasteiger partial charge is 0.139 e. The number of hydrogen-bond acceptors (Lipinski definition) is 2. The van der Waals surface area contributed by atoms with E-state index in [1.807, 2.05) is 13.8 Å². The summed E-state index contributed by atoms with van der Waals surface area (Å²) in [7, 11) is 0. The number of hydrogen-bond donors (Lipinski definition) is 0. The second kappa shape index (κ2) is 3.26. The number of Topliss-reactive ketones (excluding diaryl/α,β-unsaturated/α-hetero) is 1. The van der Waals surface area contributed by atoms with Gasteiger partial charge < -0.3 is 4.74 Å². The molecule has 0 saturated heterocycles. The third-order valence-electron chi connectivity index (χ3n) is 3.41. The van der Waals surface area contributed by atoms with Gasteiger partial charge in [0.1, 0.15) is 5.78 Å². The molecule has 0 aromatic rings. The summed E-state index contributed by atoms with van der Waals surface area (Å²) in [5, 5.41) is 0. The van der Waals surface area contributed by atoms with Crippen LogP contribution in [0.1, 0.15) is 13.8 Å². The van der Waals surface area contributed by atoms with Crippen LogP contribution >= 0.6 is 0 Å². The summed E-state index contributed by atoms with van der Waals surface area (Å²) in [6.45, 7) is 5.47. The van der Waals surface area contributed by atoms with Crippen LogP contribution in [0, 0.1) is 23.7 Å². The quantitative estimate of drug-likeness (QED) is 0.530. The minimum absolute atomic E-state index is 0.136. The molecule has 0 fully saturated rings. The van der Waals surface area contributed by atoms with Gasteiger partial charge in [0, 0.05) is 23.7 Å². The molecule has 2 heteroatoms. The molecular weight excluding hydrogens is 164 g/mol. The Bertz CT molecular complexity index is 222. The number of ether oxygens (including phenoxy) is 1. The summed E-state index contributed by atoms with van der Waals surface area (Å²) in [6.07, 6.45) is 4.34. The van der Waals surface area contributed by atoms with Gasteiger partial charge in [-0.05, 0) is 0 Å². The SMILES string of the molecule is C[C@@H]1C(=O)[C@H](C)[C@@H]2C=C[C@H]1COC2. The van der Waals surface area contributed by atoms with E-state index in [2.05, 4.69) is 12.2 Å². The fraction of sp³-hybridized carbons (Fsp3) is 0.727. The van der Waals surface area contributed by atoms with Crippen molar-refractivity contribution < 1.29 is 9.53 Å². The van der Waals surface area contributed by atoms with Crippen LogP contribution in [0.3, 0.4) is 0 Å². The van der Waals surface area contributed by atoms with E-state index in [0.29, 0.717) is 30.8 Å². The summed E-state index contributed by atoms with van der Waals surface area (Å²) in [5.74, 6) is 1.29. The van der Waals surface area contributed by atoms with E-state index in [0.717, 1.165) is 0 Å². The summed E-state index contributed by atoms with van der Waals surface area (Å²) < 4.78 is 5.54. The maximum atomic E-state index is 11.9. The van der Waals surface area contributed by atoms with Crippen molar-refractivity contribution in [3.63, 3.8) is 0 Å². The monoisotopic (exact) mass is 180 g/mol. The zero-order valence-corrected chi connectivity index (χ0v) is 8.19. The Morgan fingerprint density at radius 3 is 2.08 bits per heavy atom.